The number of nitrogens with zero attached hydrogens (tertiary/aromatic N) is 6. The molecule has 1 aliphatic heterocycles. The Morgan fingerprint density at radius 3 is 0.958 bits per heavy atom. The number of hydrogen-bond donors (Lipinski definition) is 0. The van der Waals surface area contributed by atoms with E-state index in [9.17, 15) is 0 Å². The molecule has 0 radical (unpaired) electrons. The Kier molecular flexibility index (Phi) is 12.1. The van der Waals surface area contributed by atoms with Gasteiger partial charge in [0.25, 0.3) is 0 Å². The van der Waals surface area contributed by atoms with Crippen LogP contribution in [0.4, 0.5) is 45.5 Å². The molecule has 6 nitrogen and oxygen atoms in total. The Balaban J connectivity index is 1.20. The van der Waals surface area contributed by atoms with E-state index < -0.39 is 11.1 Å². The first-order valence-corrected chi connectivity index (χ1v) is 25.4. The summed E-state index contributed by atoms with van der Waals surface area (Å²) in [5, 5.41) is 0. The van der Waals surface area contributed by atoms with Crippen LogP contribution in [0.3, 0.4) is 0 Å². The summed E-state index contributed by atoms with van der Waals surface area (Å²) in [7, 11) is 0. The molecule has 0 bridgehead atoms. The van der Waals surface area contributed by atoms with Gasteiger partial charge in [0.2, 0.25) is 11.9 Å². The molecule has 0 aromatic heterocycles. The quantitative estimate of drug-likeness (QED) is 0.0864. The van der Waals surface area contributed by atoms with Crippen molar-refractivity contribution in [2.75, 3.05) is 19.6 Å². The number of anilines is 6. The first-order chi connectivity index (χ1) is 34.3. The lowest BCUT2D eigenvalue weighted by atomic mass is 9.54. The molecular formula is C66H68N6. The minimum Gasteiger partial charge on any atom is -0.299 e. The summed E-state index contributed by atoms with van der Waals surface area (Å²) in [6, 6.07) is 61.2. The highest BCUT2D eigenvalue weighted by Crippen LogP contribution is 2.60. The van der Waals surface area contributed by atoms with Crippen LogP contribution in [-0.2, 0) is 0 Å². The van der Waals surface area contributed by atoms with Crippen molar-refractivity contribution in [1.82, 2.24) is 0 Å². The first kappa shape index (κ1) is 48.0. The Morgan fingerprint density at radius 2 is 0.639 bits per heavy atom. The SMILES string of the molecule is Cc1ccc(N(C(=Nc2ccc(N=C3N(c4ccc(C)cc4)C4(C)C=CC(C)(C)C5=C4C(C)(C=CC5(C)C)N3c3ccc(C)cc3)cc2)N(c2ccc(C)cc2)c2ccc(C)cc2)c2ccc(C)cc2)cc1. The van der Waals surface area contributed by atoms with Gasteiger partial charge in [-0.1, -0.05) is 158 Å². The zero-order chi connectivity index (χ0) is 50.7. The van der Waals surface area contributed by atoms with Gasteiger partial charge in [-0.25, -0.2) is 9.98 Å². The molecule has 2 aliphatic carbocycles. The second-order valence-corrected chi connectivity index (χ2v) is 21.9. The molecule has 3 aliphatic rings. The van der Waals surface area contributed by atoms with E-state index in [1.165, 1.54) is 44.5 Å². The average Bonchev–Trinajstić information content (AvgIpc) is 3.35. The number of allylic oxidation sites excluding steroid dienone is 3. The van der Waals surface area contributed by atoms with Crippen molar-refractivity contribution in [2.24, 2.45) is 20.8 Å². The van der Waals surface area contributed by atoms with Crippen LogP contribution in [0.5, 0.6) is 0 Å². The Bertz CT molecular complexity index is 3000. The van der Waals surface area contributed by atoms with Crippen LogP contribution in [0.1, 0.15) is 74.9 Å². The summed E-state index contributed by atoms with van der Waals surface area (Å²) in [5.41, 5.74) is 16.3. The van der Waals surface area contributed by atoms with Gasteiger partial charge in [-0.05, 0) is 164 Å². The molecule has 2 unspecified atom stereocenters. The number of rotatable bonds is 8. The smallest absolute Gasteiger partial charge is 0.220 e. The minimum atomic E-state index is -0.555. The first-order valence-electron chi connectivity index (χ1n) is 25.4. The standard InChI is InChI=1S/C66H68N6/c1-45-13-29-53(30-14-45)69(54-31-15-46(2)16-32-54)61(70(55-33-17-47(3)18-34-55)56-35-19-48(4)20-36-56)67-51-25-27-52(28-26-51)68-62-71(57-37-21-49(5)22-38-57)65(11)43-41-63(7,8)59-60(65)66(12,44-42-64(59,9)10)72(62)58-39-23-50(6)24-40-58/h13-44H,1-12H3. The van der Waals surface area contributed by atoms with Crippen molar-refractivity contribution >= 4 is 57.4 Å². The largest absolute Gasteiger partial charge is 0.299 e. The van der Waals surface area contributed by atoms with Gasteiger partial charge in [-0.3, -0.25) is 19.6 Å². The van der Waals surface area contributed by atoms with Crippen LogP contribution in [0.25, 0.3) is 0 Å². The van der Waals surface area contributed by atoms with Crippen molar-refractivity contribution < 1.29 is 0 Å². The van der Waals surface area contributed by atoms with Crippen LogP contribution >= 0.6 is 0 Å². The van der Waals surface area contributed by atoms with Crippen molar-refractivity contribution in [3.8, 4) is 0 Å². The molecule has 7 aromatic carbocycles. The highest BCUT2D eigenvalue weighted by molar-refractivity contribution is 6.17. The summed E-state index contributed by atoms with van der Waals surface area (Å²) in [5.74, 6) is 1.57. The molecule has 7 aromatic rings. The number of hydrogen-bond acceptors (Lipinski definition) is 2. The molecule has 1 saturated heterocycles. The third kappa shape index (κ3) is 8.67. The second kappa shape index (κ2) is 18.2. The lowest BCUT2D eigenvalue weighted by Gasteiger charge is -2.64. The van der Waals surface area contributed by atoms with Crippen LogP contribution < -0.4 is 19.6 Å². The van der Waals surface area contributed by atoms with Crippen molar-refractivity contribution in [1.29, 1.82) is 0 Å². The van der Waals surface area contributed by atoms with E-state index in [1.54, 1.807) is 0 Å². The average molecular weight is 945 g/mol. The van der Waals surface area contributed by atoms with E-state index in [-0.39, 0.29) is 10.8 Å². The van der Waals surface area contributed by atoms with Gasteiger partial charge >= 0.3 is 0 Å². The van der Waals surface area contributed by atoms with Gasteiger partial charge in [0, 0.05) is 45.0 Å². The molecule has 0 amide bonds. The molecule has 2 atom stereocenters. The van der Waals surface area contributed by atoms with Crippen LogP contribution in [0.15, 0.2) is 215 Å². The molecule has 10 rings (SSSR count). The molecular weight excluding hydrogens is 877 g/mol. The zero-order valence-corrected chi connectivity index (χ0v) is 44.2. The normalized spacial score (nSPS) is 19.5. The summed E-state index contributed by atoms with van der Waals surface area (Å²) >= 11 is 0. The topological polar surface area (TPSA) is 37.7 Å². The summed E-state index contributed by atoms with van der Waals surface area (Å²) in [4.78, 5) is 21.0. The molecule has 0 spiro atoms. The van der Waals surface area contributed by atoms with Gasteiger partial charge in [-0.15, -0.1) is 0 Å². The highest BCUT2D eigenvalue weighted by atomic mass is 15.5. The fraction of sp³-hybridized carbons (Fsp3) is 0.242. The number of aryl methyl sites for hydroxylation is 6. The van der Waals surface area contributed by atoms with E-state index in [2.05, 4.69) is 297 Å². The number of benzene rings is 7. The fourth-order valence-electron chi connectivity index (χ4n) is 11.3. The van der Waals surface area contributed by atoms with Gasteiger partial charge in [0.05, 0.1) is 22.5 Å². The minimum absolute atomic E-state index is 0.172. The van der Waals surface area contributed by atoms with E-state index in [0.717, 1.165) is 57.4 Å². The molecule has 362 valence electrons. The van der Waals surface area contributed by atoms with Crippen molar-refractivity contribution in [3.05, 3.63) is 239 Å². The van der Waals surface area contributed by atoms with E-state index >= 15 is 0 Å². The predicted octanol–water partition coefficient (Wildman–Crippen LogP) is 17.2. The fourth-order valence-corrected chi connectivity index (χ4v) is 11.3. The Labute approximate surface area is 428 Å². The second-order valence-electron chi connectivity index (χ2n) is 21.9. The maximum Gasteiger partial charge on any atom is 0.220 e. The van der Waals surface area contributed by atoms with E-state index in [1.807, 2.05) is 0 Å². The Morgan fingerprint density at radius 1 is 0.347 bits per heavy atom. The van der Waals surface area contributed by atoms with Gasteiger partial charge in [0.15, 0.2) is 0 Å². The molecule has 0 saturated carbocycles. The van der Waals surface area contributed by atoms with Crippen LogP contribution in [-0.4, -0.2) is 23.0 Å². The third-order valence-corrected chi connectivity index (χ3v) is 15.0. The van der Waals surface area contributed by atoms with Crippen LogP contribution in [0, 0.1) is 52.4 Å². The lowest BCUT2D eigenvalue weighted by Crippen LogP contribution is -2.72. The van der Waals surface area contributed by atoms with Gasteiger partial charge < -0.3 is 0 Å². The van der Waals surface area contributed by atoms with Crippen molar-refractivity contribution in [2.45, 2.75) is 94.2 Å². The molecule has 1 heterocycles. The maximum atomic E-state index is 5.80. The summed E-state index contributed by atoms with van der Waals surface area (Å²) in [6.45, 7) is 27.1. The molecule has 0 N–H and O–H groups in total. The number of guanidine groups is 2. The number of aliphatic imine (C=N–C) groups is 2. The van der Waals surface area contributed by atoms with E-state index in [4.69, 9.17) is 9.98 Å². The zero-order valence-electron chi connectivity index (χ0n) is 44.2. The summed E-state index contributed by atoms with van der Waals surface area (Å²) < 4.78 is 0. The highest BCUT2D eigenvalue weighted by Gasteiger charge is 2.60. The monoisotopic (exact) mass is 945 g/mol. The van der Waals surface area contributed by atoms with Gasteiger partial charge in [0.1, 0.15) is 0 Å². The maximum absolute atomic E-state index is 5.80. The van der Waals surface area contributed by atoms with Gasteiger partial charge in [-0.2, -0.15) is 0 Å². The molecule has 1 fully saturated rings. The third-order valence-electron chi connectivity index (χ3n) is 15.0. The van der Waals surface area contributed by atoms with Crippen molar-refractivity contribution in [3.63, 3.8) is 0 Å². The Hall–Kier alpha value is -7.70. The summed E-state index contributed by atoms with van der Waals surface area (Å²) in [6.07, 6.45) is 9.76. The predicted molar refractivity (Wildman–Crippen MR) is 307 cm³/mol. The van der Waals surface area contributed by atoms with E-state index in [0.29, 0.717) is 0 Å². The lowest BCUT2D eigenvalue weighted by molar-refractivity contribution is 0.353. The molecule has 6 heteroatoms. The molecule has 72 heavy (non-hydrogen) atoms. The van der Waals surface area contributed by atoms with Crippen LogP contribution in [0.2, 0.25) is 0 Å².